The Kier molecular flexibility index (Phi) is 2.24. The molecule has 1 heterocycles. The van der Waals surface area contributed by atoms with Gasteiger partial charge in [0.25, 0.3) is 0 Å². The second-order valence-electron chi connectivity index (χ2n) is 3.24. The van der Waals surface area contributed by atoms with Crippen LogP contribution in [0.4, 0.5) is 0 Å². The zero-order chi connectivity index (χ0) is 9.31. The number of alkyl halides is 1. The third kappa shape index (κ3) is 1.99. The van der Waals surface area contributed by atoms with Gasteiger partial charge in [-0.25, -0.2) is 0 Å². The van der Waals surface area contributed by atoms with Gasteiger partial charge in [-0.1, -0.05) is 30.3 Å². The van der Waals surface area contributed by atoms with E-state index < -0.39 is 0 Å². The fourth-order valence-corrected chi connectivity index (χ4v) is 1.58. The molecule has 0 fully saturated rings. The lowest BCUT2D eigenvalue weighted by Crippen LogP contribution is -2.05. The van der Waals surface area contributed by atoms with Crippen LogP contribution in [0.3, 0.4) is 0 Å². The zero-order valence-corrected chi connectivity index (χ0v) is 9.52. The van der Waals surface area contributed by atoms with E-state index in [0.29, 0.717) is 0 Å². The normalized spacial score (nSPS) is 25.4. The van der Waals surface area contributed by atoms with Crippen molar-refractivity contribution in [3.8, 4) is 0 Å². The molecule has 1 aliphatic rings. The summed E-state index contributed by atoms with van der Waals surface area (Å²) in [5, 5.41) is 0. The summed E-state index contributed by atoms with van der Waals surface area (Å²) in [6.07, 6.45) is 6.20. The molecule has 13 heavy (non-hydrogen) atoms. The Morgan fingerprint density at radius 3 is 2.69 bits per heavy atom. The predicted octanol–water partition coefficient (Wildman–Crippen LogP) is 3.28. The fraction of sp³-hybridized carbons (Fsp3) is 0.182. The van der Waals surface area contributed by atoms with Crippen molar-refractivity contribution in [3.05, 3.63) is 41.5 Å². The van der Waals surface area contributed by atoms with E-state index in [2.05, 4.69) is 58.8 Å². The van der Waals surface area contributed by atoms with Crippen LogP contribution in [-0.2, 0) is 0 Å². The Bertz CT molecular complexity index is 342. The average molecular weight is 283 g/mol. The molecule has 0 amide bonds. The van der Waals surface area contributed by atoms with E-state index in [-0.39, 0.29) is 3.55 Å². The van der Waals surface area contributed by atoms with E-state index >= 15 is 0 Å². The maximum Gasteiger partial charge on any atom is 0.127 e. The smallest absolute Gasteiger partial charge is 0.127 e. The number of aliphatic imine (C=N–C) groups is 1. The number of hydrogen-bond acceptors (Lipinski definition) is 1. The van der Waals surface area contributed by atoms with Gasteiger partial charge in [0.05, 0.1) is 0 Å². The van der Waals surface area contributed by atoms with Crippen LogP contribution >= 0.6 is 22.6 Å². The van der Waals surface area contributed by atoms with Gasteiger partial charge in [0.1, 0.15) is 3.55 Å². The van der Waals surface area contributed by atoms with Gasteiger partial charge in [-0.05, 0) is 46.7 Å². The van der Waals surface area contributed by atoms with Crippen molar-refractivity contribution in [1.29, 1.82) is 0 Å². The third-order valence-corrected chi connectivity index (χ3v) is 2.66. The third-order valence-electron chi connectivity index (χ3n) is 2.02. The van der Waals surface area contributed by atoms with Gasteiger partial charge in [-0.2, -0.15) is 0 Å². The lowest BCUT2D eigenvalue weighted by molar-refractivity contribution is 0.904. The van der Waals surface area contributed by atoms with Gasteiger partial charge in [0, 0.05) is 6.21 Å². The van der Waals surface area contributed by atoms with Gasteiger partial charge in [0.2, 0.25) is 0 Å². The van der Waals surface area contributed by atoms with E-state index in [1.807, 2.05) is 18.3 Å². The van der Waals surface area contributed by atoms with Gasteiger partial charge in [-0.15, -0.1) is 0 Å². The minimum absolute atomic E-state index is 0.100. The monoisotopic (exact) mass is 283 g/mol. The SMILES string of the molecule is CC1(I)C=Cc2ccccc2C=N1. The molecular weight excluding hydrogens is 273 g/mol. The molecule has 1 unspecified atom stereocenters. The molecule has 0 aromatic heterocycles. The summed E-state index contributed by atoms with van der Waals surface area (Å²) in [6, 6.07) is 8.28. The highest BCUT2D eigenvalue weighted by atomic mass is 127. The molecule has 2 heteroatoms. The van der Waals surface area contributed by atoms with Crippen LogP contribution in [0.25, 0.3) is 6.08 Å². The second-order valence-corrected chi connectivity index (χ2v) is 5.43. The van der Waals surface area contributed by atoms with Crippen LogP contribution < -0.4 is 0 Å². The van der Waals surface area contributed by atoms with E-state index in [1.54, 1.807) is 0 Å². The number of benzene rings is 1. The van der Waals surface area contributed by atoms with Crippen LogP contribution in [0.1, 0.15) is 18.1 Å². The first-order chi connectivity index (χ1) is 6.17. The van der Waals surface area contributed by atoms with E-state index in [9.17, 15) is 0 Å². The highest BCUT2D eigenvalue weighted by Gasteiger charge is 2.14. The molecule has 0 radical (unpaired) electrons. The summed E-state index contributed by atoms with van der Waals surface area (Å²) >= 11 is 2.33. The van der Waals surface area contributed by atoms with Crippen LogP contribution in [0.5, 0.6) is 0 Å². The highest BCUT2D eigenvalue weighted by molar-refractivity contribution is 14.1. The summed E-state index contributed by atoms with van der Waals surface area (Å²) in [6.45, 7) is 2.09. The van der Waals surface area contributed by atoms with Gasteiger partial charge < -0.3 is 0 Å². The maximum atomic E-state index is 4.47. The molecule has 1 atom stereocenters. The minimum Gasteiger partial charge on any atom is -0.271 e. The van der Waals surface area contributed by atoms with Gasteiger partial charge >= 0.3 is 0 Å². The molecular formula is C11H10IN. The van der Waals surface area contributed by atoms with Crippen molar-refractivity contribution >= 4 is 34.9 Å². The van der Waals surface area contributed by atoms with E-state index in [0.717, 1.165) is 0 Å². The Labute approximate surface area is 91.7 Å². The van der Waals surface area contributed by atoms with E-state index in [1.165, 1.54) is 11.1 Å². The summed E-state index contributed by atoms with van der Waals surface area (Å²) in [5.74, 6) is 0. The van der Waals surface area contributed by atoms with Crippen LogP contribution in [0, 0.1) is 0 Å². The van der Waals surface area contributed by atoms with Crippen molar-refractivity contribution in [2.45, 2.75) is 10.5 Å². The van der Waals surface area contributed by atoms with Crippen molar-refractivity contribution in [1.82, 2.24) is 0 Å². The lowest BCUT2D eigenvalue weighted by Gasteiger charge is -2.08. The van der Waals surface area contributed by atoms with Crippen LogP contribution in [-0.4, -0.2) is 9.76 Å². The standard InChI is InChI=1S/C11H10IN/c1-11(12)7-6-9-4-2-3-5-10(9)8-13-11/h2-8H,1H3. The number of nitrogens with zero attached hydrogens (tertiary/aromatic N) is 1. The zero-order valence-electron chi connectivity index (χ0n) is 7.37. The van der Waals surface area contributed by atoms with Crippen LogP contribution in [0.2, 0.25) is 0 Å². The topological polar surface area (TPSA) is 12.4 Å². The Morgan fingerprint density at radius 1 is 1.23 bits per heavy atom. The molecule has 1 aromatic carbocycles. The van der Waals surface area contributed by atoms with Crippen LogP contribution in [0.15, 0.2) is 35.3 Å². The molecule has 1 nitrogen and oxygen atoms in total. The molecule has 66 valence electrons. The number of fused-ring (bicyclic) bond motifs is 1. The Balaban J connectivity index is 2.53. The van der Waals surface area contributed by atoms with Gasteiger partial charge in [-0.3, -0.25) is 4.99 Å². The highest BCUT2D eigenvalue weighted by Crippen LogP contribution is 2.26. The molecule has 2 rings (SSSR count). The predicted molar refractivity (Wildman–Crippen MR) is 65.5 cm³/mol. The molecule has 1 aliphatic heterocycles. The average Bonchev–Trinajstić information content (AvgIpc) is 2.27. The maximum absolute atomic E-state index is 4.47. The number of hydrogen-bond donors (Lipinski definition) is 0. The van der Waals surface area contributed by atoms with Crippen molar-refractivity contribution in [2.24, 2.45) is 4.99 Å². The summed E-state index contributed by atoms with van der Waals surface area (Å²) in [4.78, 5) is 4.47. The van der Waals surface area contributed by atoms with Crippen molar-refractivity contribution in [3.63, 3.8) is 0 Å². The molecule has 0 aliphatic carbocycles. The summed E-state index contributed by atoms with van der Waals surface area (Å²) < 4.78 is -0.100. The van der Waals surface area contributed by atoms with Crippen molar-refractivity contribution < 1.29 is 0 Å². The largest absolute Gasteiger partial charge is 0.271 e. The quantitative estimate of drug-likeness (QED) is 0.393. The summed E-state index contributed by atoms with van der Waals surface area (Å²) in [7, 11) is 0. The van der Waals surface area contributed by atoms with E-state index in [4.69, 9.17) is 0 Å². The molecule has 0 spiro atoms. The van der Waals surface area contributed by atoms with Gasteiger partial charge in [0.15, 0.2) is 0 Å². The number of halogens is 1. The second kappa shape index (κ2) is 3.25. The first kappa shape index (κ1) is 8.94. The van der Waals surface area contributed by atoms with Crippen molar-refractivity contribution in [2.75, 3.05) is 0 Å². The molecule has 0 N–H and O–H groups in total. The number of rotatable bonds is 0. The Morgan fingerprint density at radius 2 is 1.92 bits per heavy atom. The first-order valence-electron chi connectivity index (χ1n) is 4.20. The molecule has 0 saturated carbocycles. The first-order valence-corrected chi connectivity index (χ1v) is 5.28. The minimum atomic E-state index is -0.100. The molecule has 1 aromatic rings. The molecule has 0 bridgehead atoms. The lowest BCUT2D eigenvalue weighted by atomic mass is 10.1. The Hall–Kier alpha value is -0.640. The molecule has 0 saturated heterocycles. The summed E-state index contributed by atoms with van der Waals surface area (Å²) in [5.41, 5.74) is 2.44. The fourth-order valence-electron chi connectivity index (χ4n) is 1.26.